The first-order valence-electron chi connectivity index (χ1n) is 8.72. The van der Waals surface area contributed by atoms with Crippen molar-refractivity contribution in [2.75, 3.05) is 6.61 Å². The fraction of sp³-hybridized carbons (Fsp3) is 0.450. The zero-order valence-corrected chi connectivity index (χ0v) is 14.2. The zero-order valence-electron chi connectivity index (χ0n) is 14.2. The summed E-state index contributed by atoms with van der Waals surface area (Å²) in [6, 6.07) is 14.3. The summed E-state index contributed by atoms with van der Waals surface area (Å²) >= 11 is 0. The van der Waals surface area contributed by atoms with Gasteiger partial charge in [0.2, 0.25) is 0 Å². The quantitative estimate of drug-likeness (QED) is 0.776. The first-order chi connectivity index (χ1) is 11.7. The lowest BCUT2D eigenvalue weighted by atomic mass is 10.0. The van der Waals surface area contributed by atoms with E-state index >= 15 is 0 Å². The number of hydrogen-bond acceptors (Lipinski definition) is 3. The lowest BCUT2D eigenvalue weighted by molar-refractivity contribution is -0.144. The molecule has 4 nitrogen and oxygen atoms in total. The molecule has 0 unspecified atom stereocenters. The van der Waals surface area contributed by atoms with E-state index in [9.17, 15) is 4.79 Å². The number of aryl methyl sites for hydroxylation is 1. The van der Waals surface area contributed by atoms with Crippen LogP contribution in [0.1, 0.15) is 37.5 Å². The number of benzene rings is 1. The summed E-state index contributed by atoms with van der Waals surface area (Å²) in [7, 11) is 0. The van der Waals surface area contributed by atoms with Gasteiger partial charge in [-0.15, -0.1) is 0 Å². The summed E-state index contributed by atoms with van der Waals surface area (Å²) in [5.74, 6) is 0.900. The lowest BCUT2D eigenvalue weighted by Crippen LogP contribution is -2.44. The minimum atomic E-state index is -0.292. The molecule has 1 fully saturated rings. The molecule has 0 radical (unpaired) electrons. The highest BCUT2D eigenvalue weighted by Gasteiger charge is 2.31. The molecule has 1 aliphatic rings. The van der Waals surface area contributed by atoms with Crippen molar-refractivity contribution in [3.63, 3.8) is 0 Å². The Hall–Kier alpha value is -2.07. The summed E-state index contributed by atoms with van der Waals surface area (Å²) in [4.78, 5) is 14.8. The molecule has 1 saturated heterocycles. The van der Waals surface area contributed by atoms with Crippen molar-refractivity contribution in [1.29, 1.82) is 0 Å². The van der Waals surface area contributed by atoms with E-state index in [4.69, 9.17) is 9.15 Å². The third-order valence-corrected chi connectivity index (χ3v) is 4.62. The van der Waals surface area contributed by atoms with Crippen LogP contribution in [-0.2, 0) is 22.5 Å². The molecule has 0 N–H and O–H groups in total. The van der Waals surface area contributed by atoms with Crippen molar-refractivity contribution in [3.8, 4) is 0 Å². The molecule has 128 valence electrons. The maximum atomic E-state index is 12.9. The van der Waals surface area contributed by atoms with Crippen LogP contribution in [0.15, 0.2) is 53.1 Å². The van der Waals surface area contributed by atoms with E-state index in [1.54, 1.807) is 6.26 Å². The topological polar surface area (TPSA) is 42.7 Å². The molecular weight excluding hydrogens is 302 g/mol. The van der Waals surface area contributed by atoms with Gasteiger partial charge in [-0.05, 0) is 50.3 Å². The fourth-order valence-corrected chi connectivity index (χ4v) is 3.15. The van der Waals surface area contributed by atoms with Gasteiger partial charge in [0.05, 0.1) is 12.8 Å². The van der Waals surface area contributed by atoms with E-state index in [0.717, 1.165) is 31.4 Å². The van der Waals surface area contributed by atoms with Crippen molar-refractivity contribution in [2.45, 2.75) is 51.3 Å². The van der Waals surface area contributed by atoms with Crippen molar-refractivity contribution in [3.05, 3.63) is 60.1 Å². The highest BCUT2D eigenvalue weighted by atomic mass is 16.5. The van der Waals surface area contributed by atoms with Crippen LogP contribution in [0.25, 0.3) is 0 Å². The molecule has 3 rings (SSSR count). The van der Waals surface area contributed by atoms with E-state index < -0.39 is 0 Å². The number of nitrogens with zero attached hydrogens (tertiary/aromatic N) is 1. The molecule has 2 atom stereocenters. The summed E-state index contributed by atoms with van der Waals surface area (Å²) in [6.45, 7) is 3.30. The maximum Gasteiger partial charge on any atom is 0.252 e. The Morgan fingerprint density at radius 1 is 1.25 bits per heavy atom. The average molecular weight is 327 g/mol. The van der Waals surface area contributed by atoms with Crippen molar-refractivity contribution >= 4 is 5.91 Å². The molecule has 0 saturated carbocycles. The van der Waals surface area contributed by atoms with Crippen LogP contribution in [0.3, 0.4) is 0 Å². The smallest absolute Gasteiger partial charge is 0.252 e. The Labute approximate surface area is 143 Å². The summed E-state index contributed by atoms with van der Waals surface area (Å²) in [5.41, 5.74) is 1.30. The molecule has 1 aromatic carbocycles. The Morgan fingerprint density at radius 3 is 2.75 bits per heavy atom. The number of rotatable bonds is 7. The van der Waals surface area contributed by atoms with E-state index in [0.29, 0.717) is 13.2 Å². The molecular formula is C20H25NO3. The Balaban J connectivity index is 1.66. The lowest BCUT2D eigenvalue weighted by Gasteiger charge is -2.30. The van der Waals surface area contributed by atoms with Crippen LogP contribution in [0, 0.1) is 0 Å². The van der Waals surface area contributed by atoms with E-state index in [-0.39, 0.29) is 18.1 Å². The van der Waals surface area contributed by atoms with Crippen LogP contribution in [-0.4, -0.2) is 29.6 Å². The number of ether oxygens (including phenoxy) is 1. The number of carbonyl (C=O) groups excluding carboxylic acids is 1. The predicted molar refractivity (Wildman–Crippen MR) is 92.5 cm³/mol. The third-order valence-electron chi connectivity index (χ3n) is 4.62. The van der Waals surface area contributed by atoms with Gasteiger partial charge >= 0.3 is 0 Å². The molecule has 1 aromatic heterocycles. The molecule has 1 amide bonds. The number of furan rings is 1. The molecule has 0 aliphatic carbocycles. The van der Waals surface area contributed by atoms with E-state index in [1.165, 1.54) is 5.56 Å². The van der Waals surface area contributed by atoms with Gasteiger partial charge in [-0.3, -0.25) is 4.79 Å². The van der Waals surface area contributed by atoms with Crippen LogP contribution < -0.4 is 0 Å². The minimum absolute atomic E-state index is 0.0875. The SMILES string of the molecule is C[C@H](CCc1ccccc1)N(Cc1ccco1)C(=O)[C@@H]1CCCO1. The second-order valence-corrected chi connectivity index (χ2v) is 6.42. The fourth-order valence-electron chi connectivity index (χ4n) is 3.15. The van der Waals surface area contributed by atoms with Crippen LogP contribution >= 0.6 is 0 Å². The molecule has 0 bridgehead atoms. The summed E-state index contributed by atoms with van der Waals surface area (Å²) in [6.07, 6.45) is 5.01. The van der Waals surface area contributed by atoms with Gasteiger partial charge < -0.3 is 14.1 Å². The highest BCUT2D eigenvalue weighted by molar-refractivity contribution is 5.81. The van der Waals surface area contributed by atoms with Gasteiger partial charge in [0, 0.05) is 12.6 Å². The summed E-state index contributed by atoms with van der Waals surface area (Å²) in [5, 5.41) is 0. The molecule has 0 spiro atoms. The van der Waals surface area contributed by atoms with Gasteiger partial charge in [0.1, 0.15) is 11.9 Å². The van der Waals surface area contributed by atoms with Gasteiger partial charge in [0.25, 0.3) is 5.91 Å². The van der Waals surface area contributed by atoms with Crippen molar-refractivity contribution < 1.29 is 13.9 Å². The van der Waals surface area contributed by atoms with Crippen molar-refractivity contribution in [1.82, 2.24) is 4.90 Å². The number of amides is 1. The molecule has 24 heavy (non-hydrogen) atoms. The Bertz CT molecular complexity index is 618. The van der Waals surface area contributed by atoms with Gasteiger partial charge in [-0.25, -0.2) is 0 Å². The minimum Gasteiger partial charge on any atom is -0.467 e. The van der Waals surface area contributed by atoms with Gasteiger partial charge in [0.15, 0.2) is 0 Å². The van der Waals surface area contributed by atoms with E-state index in [1.807, 2.05) is 23.1 Å². The molecule has 2 heterocycles. The average Bonchev–Trinajstić information content (AvgIpc) is 3.31. The molecule has 1 aliphatic heterocycles. The zero-order chi connectivity index (χ0) is 16.8. The summed E-state index contributed by atoms with van der Waals surface area (Å²) < 4.78 is 11.1. The molecule has 2 aromatic rings. The molecule has 4 heteroatoms. The number of carbonyl (C=O) groups is 1. The maximum absolute atomic E-state index is 12.9. The van der Waals surface area contributed by atoms with Crippen LogP contribution in [0.4, 0.5) is 0 Å². The normalized spacial score (nSPS) is 18.5. The van der Waals surface area contributed by atoms with Crippen LogP contribution in [0.5, 0.6) is 0 Å². The first-order valence-corrected chi connectivity index (χ1v) is 8.72. The van der Waals surface area contributed by atoms with Crippen molar-refractivity contribution in [2.24, 2.45) is 0 Å². The monoisotopic (exact) mass is 327 g/mol. The largest absolute Gasteiger partial charge is 0.467 e. The first kappa shape index (κ1) is 16.8. The highest BCUT2D eigenvalue weighted by Crippen LogP contribution is 2.20. The second-order valence-electron chi connectivity index (χ2n) is 6.42. The van der Waals surface area contributed by atoms with Crippen LogP contribution in [0.2, 0.25) is 0 Å². The second kappa shape index (κ2) is 8.15. The van der Waals surface area contributed by atoms with Gasteiger partial charge in [-0.2, -0.15) is 0 Å². The Kier molecular flexibility index (Phi) is 5.70. The Morgan fingerprint density at radius 2 is 2.08 bits per heavy atom. The number of hydrogen-bond donors (Lipinski definition) is 0. The van der Waals surface area contributed by atoms with E-state index in [2.05, 4.69) is 31.2 Å². The predicted octanol–water partition coefficient (Wildman–Crippen LogP) is 3.81. The van der Waals surface area contributed by atoms with Gasteiger partial charge in [-0.1, -0.05) is 30.3 Å². The third kappa shape index (κ3) is 4.26. The standard InChI is InChI=1S/C20H25NO3/c1-16(11-12-17-7-3-2-4-8-17)21(15-18-9-5-13-23-18)20(22)19-10-6-14-24-19/h2-5,7-9,13,16,19H,6,10-12,14-15H2,1H3/t16-,19+/m1/s1.